The average molecular weight is 217 g/mol. The Labute approximate surface area is 96.7 Å². The lowest BCUT2D eigenvalue weighted by Gasteiger charge is -2.30. The van der Waals surface area contributed by atoms with Gasteiger partial charge in [-0.25, -0.2) is 0 Å². The van der Waals surface area contributed by atoms with Gasteiger partial charge in [0.2, 0.25) is 0 Å². The van der Waals surface area contributed by atoms with E-state index >= 15 is 0 Å². The van der Waals surface area contributed by atoms with Crippen molar-refractivity contribution in [2.75, 3.05) is 19.7 Å². The molecular formula is C13H31NO. The summed E-state index contributed by atoms with van der Waals surface area (Å²) < 4.78 is 0. The number of likely N-dealkylation sites (N-methyl/N-ethyl adjacent to an activating group) is 1. The van der Waals surface area contributed by atoms with Crippen LogP contribution >= 0.6 is 0 Å². The molecular weight excluding hydrogens is 186 g/mol. The van der Waals surface area contributed by atoms with Crippen LogP contribution in [0.1, 0.15) is 54.4 Å². The monoisotopic (exact) mass is 217 g/mol. The summed E-state index contributed by atoms with van der Waals surface area (Å²) in [5.41, 5.74) is 0. The van der Waals surface area contributed by atoms with Gasteiger partial charge in [-0.2, -0.15) is 0 Å². The van der Waals surface area contributed by atoms with Gasteiger partial charge in [0.15, 0.2) is 0 Å². The fraction of sp³-hybridized carbons (Fsp3) is 1.00. The summed E-state index contributed by atoms with van der Waals surface area (Å²) in [6.07, 6.45) is 2.27. The Morgan fingerprint density at radius 2 is 1.67 bits per heavy atom. The highest BCUT2D eigenvalue weighted by Crippen LogP contribution is 2.11. The second-order valence-corrected chi connectivity index (χ2v) is 4.09. The summed E-state index contributed by atoms with van der Waals surface area (Å²) in [4.78, 5) is 2.38. The Balaban J connectivity index is 0. The molecule has 0 unspecified atom stereocenters. The minimum atomic E-state index is 0.298. The molecule has 0 aliphatic carbocycles. The molecule has 0 spiro atoms. The average Bonchev–Trinajstić information content (AvgIpc) is 2.25. The second kappa shape index (κ2) is 12.0. The molecule has 0 aliphatic heterocycles. The van der Waals surface area contributed by atoms with Gasteiger partial charge >= 0.3 is 0 Å². The highest BCUT2D eigenvalue weighted by atomic mass is 16.3. The fourth-order valence-corrected chi connectivity index (χ4v) is 1.77. The van der Waals surface area contributed by atoms with Crippen molar-refractivity contribution < 1.29 is 5.11 Å². The van der Waals surface area contributed by atoms with E-state index in [-0.39, 0.29) is 0 Å². The lowest BCUT2D eigenvalue weighted by molar-refractivity contribution is 0.111. The Bertz CT molecular complexity index is 115. The van der Waals surface area contributed by atoms with E-state index in [1.807, 2.05) is 13.8 Å². The SMILES string of the molecule is CC.CCCN(CC)[C@H](CO)CC(C)C. The van der Waals surface area contributed by atoms with E-state index < -0.39 is 0 Å². The molecule has 0 rings (SSSR count). The minimum Gasteiger partial charge on any atom is -0.395 e. The van der Waals surface area contributed by atoms with Crippen molar-refractivity contribution in [3.05, 3.63) is 0 Å². The Morgan fingerprint density at radius 1 is 1.13 bits per heavy atom. The molecule has 2 heteroatoms. The van der Waals surface area contributed by atoms with E-state index in [0.29, 0.717) is 18.6 Å². The molecule has 15 heavy (non-hydrogen) atoms. The summed E-state index contributed by atoms with van der Waals surface area (Å²) in [7, 11) is 0. The topological polar surface area (TPSA) is 23.5 Å². The molecule has 0 aromatic carbocycles. The molecule has 1 atom stereocenters. The van der Waals surface area contributed by atoms with Gasteiger partial charge in [0, 0.05) is 6.04 Å². The Kier molecular flexibility index (Phi) is 13.8. The zero-order valence-corrected chi connectivity index (χ0v) is 11.6. The summed E-state index contributed by atoms with van der Waals surface area (Å²) in [5, 5.41) is 9.26. The van der Waals surface area contributed by atoms with E-state index in [4.69, 9.17) is 0 Å². The number of aliphatic hydroxyl groups is 1. The minimum absolute atomic E-state index is 0.298. The van der Waals surface area contributed by atoms with Crippen LogP contribution in [-0.2, 0) is 0 Å². The fourth-order valence-electron chi connectivity index (χ4n) is 1.77. The molecule has 0 radical (unpaired) electrons. The smallest absolute Gasteiger partial charge is 0.0586 e. The van der Waals surface area contributed by atoms with E-state index in [0.717, 1.165) is 19.5 Å². The van der Waals surface area contributed by atoms with E-state index in [9.17, 15) is 5.11 Å². The van der Waals surface area contributed by atoms with Crippen LogP contribution in [-0.4, -0.2) is 35.7 Å². The number of hydrogen-bond acceptors (Lipinski definition) is 2. The van der Waals surface area contributed by atoms with Gasteiger partial charge in [-0.3, -0.25) is 4.90 Å². The van der Waals surface area contributed by atoms with Crippen LogP contribution in [0.5, 0.6) is 0 Å². The van der Waals surface area contributed by atoms with Crippen LogP contribution in [0.25, 0.3) is 0 Å². The molecule has 0 amide bonds. The maximum atomic E-state index is 9.26. The zero-order chi connectivity index (χ0) is 12.3. The largest absolute Gasteiger partial charge is 0.395 e. The molecule has 1 N–H and O–H groups in total. The van der Waals surface area contributed by atoms with E-state index in [1.165, 1.54) is 6.42 Å². The Hall–Kier alpha value is -0.0800. The lowest BCUT2D eigenvalue weighted by Crippen LogP contribution is -2.39. The molecule has 0 fully saturated rings. The maximum absolute atomic E-state index is 9.26. The molecule has 0 aromatic heterocycles. The van der Waals surface area contributed by atoms with Gasteiger partial charge in [0.1, 0.15) is 0 Å². The van der Waals surface area contributed by atoms with Gasteiger partial charge in [0.25, 0.3) is 0 Å². The second-order valence-electron chi connectivity index (χ2n) is 4.09. The number of aliphatic hydroxyl groups excluding tert-OH is 1. The van der Waals surface area contributed by atoms with Crippen molar-refractivity contribution in [2.45, 2.75) is 60.4 Å². The van der Waals surface area contributed by atoms with E-state index in [2.05, 4.69) is 32.6 Å². The molecule has 0 heterocycles. The van der Waals surface area contributed by atoms with Gasteiger partial charge in [-0.1, -0.05) is 41.5 Å². The first-order valence-corrected chi connectivity index (χ1v) is 6.50. The molecule has 2 nitrogen and oxygen atoms in total. The lowest BCUT2D eigenvalue weighted by atomic mass is 10.0. The maximum Gasteiger partial charge on any atom is 0.0586 e. The summed E-state index contributed by atoms with van der Waals surface area (Å²) in [5.74, 6) is 0.669. The highest BCUT2D eigenvalue weighted by Gasteiger charge is 2.16. The van der Waals surface area contributed by atoms with Crippen LogP contribution < -0.4 is 0 Å². The van der Waals surface area contributed by atoms with Crippen LogP contribution in [0.2, 0.25) is 0 Å². The van der Waals surface area contributed by atoms with Gasteiger partial charge < -0.3 is 5.11 Å². The van der Waals surface area contributed by atoms with Crippen molar-refractivity contribution in [3.8, 4) is 0 Å². The first-order valence-electron chi connectivity index (χ1n) is 6.50. The standard InChI is InChI=1S/C11H25NO.C2H6/c1-5-7-12(6-2)11(9-13)8-10(3)4;1-2/h10-11,13H,5-9H2,1-4H3;1-2H3/t11-;/m0./s1. The molecule has 0 bridgehead atoms. The van der Waals surface area contributed by atoms with Crippen LogP contribution in [0.15, 0.2) is 0 Å². The number of rotatable bonds is 7. The first kappa shape index (κ1) is 17.3. The summed E-state index contributed by atoms with van der Waals surface area (Å²) >= 11 is 0. The van der Waals surface area contributed by atoms with Gasteiger partial charge in [-0.05, 0) is 31.8 Å². The summed E-state index contributed by atoms with van der Waals surface area (Å²) in [6.45, 7) is 15.2. The van der Waals surface area contributed by atoms with Crippen molar-refractivity contribution >= 4 is 0 Å². The van der Waals surface area contributed by atoms with Crippen molar-refractivity contribution in [2.24, 2.45) is 5.92 Å². The van der Waals surface area contributed by atoms with Crippen LogP contribution in [0, 0.1) is 5.92 Å². The van der Waals surface area contributed by atoms with Crippen LogP contribution in [0.4, 0.5) is 0 Å². The molecule has 0 aliphatic rings. The van der Waals surface area contributed by atoms with Crippen molar-refractivity contribution in [1.82, 2.24) is 4.90 Å². The quantitative estimate of drug-likeness (QED) is 0.708. The van der Waals surface area contributed by atoms with Gasteiger partial charge in [-0.15, -0.1) is 0 Å². The third kappa shape index (κ3) is 8.88. The molecule has 94 valence electrons. The number of hydrogen-bond donors (Lipinski definition) is 1. The van der Waals surface area contributed by atoms with Crippen LogP contribution in [0.3, 0.4) is 0 Å². The predicted molar refractivity (Wildman–Crippen MR) is 69.2 cm³/mol. The van der Waals surface area contributed by atoms with Gasteiger partial charge in [0.05, 0.1) is 6.61 Å². The van der Waals surface area contributed by atoms with Crippen molar-refractivity contribution in [1.29, 1.82) is 0 Å². The summed E-state index contributed by atoms with van der Waals surface area (Å²) in [6, 6.07) is 0.366. The third-order valence-electron chi connectivity index (χ3n) is 2.39. The number of nitrogens with zero attached hydrogens (tertiary/aromatic N) is 1. The molecule has 0 saturated carbocycles. The zero-order valence-electron chi connectivity index (χ0n) is 11.6. The molecule has 0 saturated heterocycles. The van der Waals surface area contributed by atoms with E-state index in [1.54, 1.807) is 0 Å². The highest BCUT2D eigenvalue weighted by molar-refractivity contribution is 4.70. The Morgan fingerprint density at radius 3 is 1.93 bits per heavy atom. The normalized spacial score (nSPS) is 12.6. The predicted octanol–water partition coefficient (Wildman–Crippen LogP) is 3.15. The van der Waals surface area contributed by atoms with Crippen molar-refractivity contribution in [3.63, 3.8) is 0 Å². The first-order chi connectivity index (χ1) is 7.15. The third-order valence-corrected chi connectivity index (χ3v) is 2.39. The molecule has 0 aromatic rings.